The van der Waals surface area contributed by atoms with Gasteiger partial charge >= 0.3 is 0 Å². The van der Waals surface area contributed by atoms with Crippen LogP contribution in [0.2, 0.25) is 0 Å². The number of hydrogen-bond acceptors (Lipinski definition) is 2. The van der Waals surface area contributed by atoms with Crippen molar-refractivity contribution in [2.45, 2.75) is 39.5 Å². The summed E-state index contributed by atoms with van der Waals surface area (Å²) in [5.74, 6) is 0. The van der Waals surface area contributed by atoms with Gasteiger partial charge in [-0.1, -0.05) is 13.3 Å². The van der Waals surface area contributed by atoms with Gasteiger partial charge < -0.3 is 10.1 Å². The minimum atomic E-state index is 0.491. The first kappa shape index (κ1) is 11.0. The quantitative estimate of drug-likeness (QED) is 0.614. The minimum Gasteiger partial charge on any atom is -0.381 e. The Kier molecular flexibility index (Phi) is 4.74. The lowest BCUT2D eigenvalue weighted by molar-refractivity contribution is -0.000611. The van der Waals surface area contributed by atoms with E-state index in [4.69, 9.17) is 4.74 Å². The predicted octanol–water partition coefficient (Wildman–Crippen LogP) is 2.19. The normalized spacial score (nSPS) is 19.8. The number of nitrogens with one attached hydrogen (secondary N) is 1. The number of ether oxygens (including phenoxy) is 1. The van der Waals surface area contributed by atoms with E-state index < -0.39 is 0 Å². The third kappa shape index (κ3) is 3.28. The van der Waals surface area contributed by atoms with E-state index >= 15 is 0 Å². The molecule has 1 aliphatic carbocycles. The molecule has 0 aliphatic heterocycles. The molecule has 1 fully saturated rings. The standard InChI is InChI=1S/C11H23NO/c1-3-8-12-9-11(6-5-7-11)10-13-4-2/h12H,3-10H2,1-2H3. The van der Waals surface area contributed by atoms with E-state index in [1.807, 2.05) is 0 Å². The Morgan fingerprint density at radius 2 is 2.08 bits per heavy atom. The van der Waals surface area contributed by atoms with Gasteiger partial charge in [-0.25, -0.2) is 0 Å². The molecule has 2 nitrogen and oxygen atoms in total. The lowest BCUT2D eigenvalue weighted by Gasteiger charge is -2.41. The Labute approximate surface area is 82.0 Å². The molecule has 78 valence electrons. The summed E-state index contributed by atoms with van der Waals surface area (Å²) in [5.41, 5.74) is 0.491. The summed E-state index contributed by atoms with van der Waals surface area (Å²) in [7, 11) is 0. The molecule has 0 bridgehead atoms. The maximum Gasteiger partial charge on any atom is 0.0534 e. The molecule has 1 aliphatic rings. The van der Waals surface area contributed by atoms with Gasteiger partial charge in [0.1, 0.15) is 0 Å². The minimum absolute atomic E-state index is 0.491. The van der Waals surface area contributed by atoms with Crippen LogP contribution < -0.4 is 5.32 Å². The van der Waals surface area contributed by atoms with Gasteiger partial charge in [0.05, 0.1) is 6.61 Å². The molecule has 0 heterocycles. The van der Waals surface area contributed by atoms with Gasteiger partial charge in [-0.3, -0.25) is 0 Å². The van der Waals surface area contributed by atoms with Crippen LogP contribution in [0.15, 0.2) is 0 Å². The monoisotopic (exact) mass is 185 g/mol. The first-order valence-electron chi connectivity index (χ1n) is 5.61. The van der Waals surface area contributed by atoms with Crippen molar-refractivity contribution in [3.8, 4) is 0 Å². The summed E-state index contributed by atoms with van der Waals surface area (Å²) >= 11 is 0. The van der Waals surface area contributed by atoms with Gasteiger partial charge in [0.15, 0.2) is 0 Å². The van der Waals surface area contributed by atoms with Crippen molar-refractivity contribution in [2.75, 3.05) is 26.3 Å². The van der Waals surface area contributed by atoms with Crippen LogP contribution in [0, 0.1) is 5.41 Å². The fraction of sp³-hybridized carbons (Fsp3) is 1.00. The maximum absolute atomic E-state index is 5.53. The molecule has 0 unspecified atom stereocenters. The van der Waals surface area contributed by atoms with Crippen LogP contribution in [0.1, 0.15) is 39.5 Å². The molecule has 2 heteroatoms. The Morgan fingerprint density at radius 1 is 1.31 bits per heavy atom. The third-order valence-corrected chi connectivity index (χ3v) is 2.95. The Hall–Kier alpha value is -0.0800. The SMILES string of the molecule is CCCNCC1(COCC)CCC1. The fourth-order valence-corrected chi connectivity index (χ4v) is 1.90. The van der Waals surface area contributed by atoms with Gasteiger partial charge in [-0.15, -0.1) is 0 Å². The Morgan fingerprint density at radius 3 is 2.54 bits per heavy atom. The second kappa shape index (κ2) is 5.61. The molecular weight excluding hydrogens is 162 g/mol. The van der Waals surface area contributed by atoms with Crippen molar-refractivity contribution in [2.24, 2.45) is 5.41 Å². The first-order valence-corrected chi connectivity index (χ1v) is 5.61. The molecule has 0 aromatic rings. The Balaban J connectivity index is 2.15. The average Bonchev–Trinajstić information content (AvgIpc) is 2.08. The highest BCUT2D eigenvalue weighted by Crippen LogP contribution is 2.40. The molecule has 1 N–H and O–H groups in total. The zero-order valence-corrected chi connectivity index (χ0v) is 9.07. The van der Waals surface area contributed by atoms with Crippen molar-refractivity contribution >= 4 is 0 Å². The lowest BCUT2D eigenvalue weighted by Crippen LogP contribution is -2.43. The van der Waals surface area contributed by atoms with Crippen LogP contribution in [0.25, 0.3) is 0 Å². The summed E-state index contributed by atoms with van der Waals surface area (Å²) in [6, 6.07) is 0. The van der Waals surface area contributed by atoms with E-state index in [0.717, 1.165) is 26.3 Å². The van der Waals surface area contributed by atoms with Crippen LogP contribution >= 0.6 is 0 Å². The molecule has 0 spiro atoms. The largest absolute Gasteiger partial charge is 0.381 e. The highest BCUT2D eigenvalue weighted by Gasteiger charge is 2.36. The van der Waals surface area contributed by atoms with E-state index in [2.05, 4.69) is 19.2 Å². The number of rotatable bonds is 7. The number of hydrogen-bond donors (Lipinski definition) is 1. The topological polar surface area (TPSA) is 21.3 Å². The van der Waals surface area contributed by atoms with Gasteiger partial charge in [-0.05, 0) is 32.7 Å². The van der Waals surface area contributed by atoms with Gasteiger partial charge in [0, 0.05) is 18.6 Å². The zero-order chi connectivity index (χ0) is 9.57. The highest BCUT2D eigenvalue weighted by molar-refractivity contribution is 4.89. The van der Waals surface area contributed by atoms with Crippen molar-refractivity contribution in [1.82, 2.24) is 5.32 Å². The smallest absolute Gasteiger partial charge is 0.0534 e. The third-order valence-electron chi connectivity index (χ3n) is 2.95. The molecule has 0 amide bonds. The maximum atomic E-state index is 5.53. The van der Waals surface area contributed by atoms with Crippen LogP contribution in [-0.2, 0) is 4.74 Å². The van der Waals surface area contributed by atoms with Crippen LogP contribution in [0.5, 0.6) is 0 Å². The molecular formula is C11H23NO. The van der Waals surface area contributed by atoms with Crippen LogP contribution in [-0.4, -0.2) is 26.3 Å². The Bertz CT molecular complexity index is 132. The molecule has 0 aromatic carbocycles. The van der Waals surface area contributed by atoms with E-state index in [9.17, 15) is 0 Å². The molecule has 0 radical (unpaired) electrons. The summed E-state index contributed by atoms with van der Waals surface area (Å²) in [5, 5.41) is 3.51. The summed E-state index contributed by atoms with van der Waals surface area (Å²) in [4.78, 5) is 0. The molecule has 0 saturated heterocycles. The summed E-state index contributed by atoms with van der Waals surface area (Å²) in [6.07, 6.45) is 5.32. The van der Waals surface area contributed by atoms with Crippen molar-refractivity contribution in [3.05, 3.63) is 0 Å². The van der Waals surface area contributed by atoms with E-state index in [-0.39, 0.29) is 0 Å². The fourth-order valence-electron chi connectivity index (χ4n) is 1.90. The second-order valence-corrected chi connectivity index (χ2v) is 4.17. The zero-order valence-electron chi connectivity index (χ0n) is 9.07. The highest BCUT2D eigenvalue weighted by atomic mass is 16.5. The van der Waals surface area contributed by atoms with Crippen LogP contribution in [0.4, 0.5) is 0 Å². The van der Waals surface area contributed by atoms with E-state index in [1.54, 1.807) is 0 Å². The van der Waals surface area contributed by atoms with Gasteiger partial charge in [0.25, 0.3) is 0 Å². The average molecular weight is 185 g/mol. The van der Waals surface area contributed by atoms with E-state index in [1.165, 1.54) is 25.7 Å². The molecule has 1 rings (SSSR count). The summed E-state index contributed by atoms with van der Waals surface area (Å²) < 4.78 is 5.53. The molecule has 1 saturated carbocycles. The second-order valence-electron chi connectivity index (χ2n) is 4.17. The summed E-state index contributed by atoms with van der Waals surface area (Å²) in [6.45, 7) is 8.40. The molecule has 0 aromatic heterocycles. The van der Waals surface area contributed by atoms with Gasteiger partial charge in [-0.2, -0.15) is 0 Å². The van der Waals surface area contributed by atoms with Gasteiger partial charge in [0.2, 0.25) is 0 Å². The lowest BCUT2D eigenvalue weighted by atomic mass is 9.69. The molecule has 0 atom stereocenters. The predicted molar refractivity (Wildman–Crippen MR) is 55.9 cm³/mol. The van der Waals surface area contributed by atoms with Crippen molar-refractivity contribution in [1.29, 1.82) is 0 Å². The van der Waals surface area contributed by atoms with Crippen molar-refractivity contribution in [3.63, 3.8) is 0 Å². The molecule has 13 heavy (non-hydrogen) atoms. The van der Waals surface area contributed by atoms with Crippen LogP contribution in [0.3, 0.4) is 0 Å². The van der Waals surface area contributed by atoms with Crippen molar-refractivity contribution < 1.29 is 4.74 Å². The van der Waals surface area contributed by atoms with E-state index in [0.29, 0.717) is 5.41 Å². The first-order chi connectivity index (χ1) is 6.33.